The van der Waals surface area contributed by atoms with Gasteiger partial charge in [-0.3, -0.25) is 19.7 Å². The first-order valence-corrected chi connectivity index (χ1v) is 10.1. The topological polar surface area (TPSA) is 92.6 Å². The van der Waals surface area contributed by atoms with Crippen LogP contribution >= 0.6 is 0 Å². The molecule has 1 saturated heterocycles. The van der Waals surface area contributed by atoms with Crippen LogP contribution in [0.15, 0.2) is 48.2 Å². The van der Waals surface area contributed by atoms with Gasteiger partial charge in [-0.05, 0) is 49.6 Å². The largest absolute Gasteiger partial charge is 0.336 e. The number of amides is 2. The van der Waals surface area contributed by atoms with Gasteiger partial charge in [0.05, 0.1) is 10.5 Å². The molecule has 2 aromatic rings. The molecule has 1 N–H and O–H groups in total. The van der Waals surface area contributed by atoms with Gasteiger partial charge >= 0.3 is 0 Å². The summed E-state index contributed by atoms with van der Waals surface area (Å²) in [6.07, 6.45) is 1.95. The molecule has 2 amide bonds. The van der Waals surface area contributed by atoms with Crippen molar-refractivity contribution < 1.29 is 18.9 Å². The van der Waals surface area contributed by atoms with Gasteiger partial charge in [-0.2, -0.15) is 0 Å². The highest BCUT2D eigenvalue weighted by molar-refractivity contribution is 6.09. The predicted molar refractivity (Wildman–Crippen MR) is 114 cm³/mol. The van der Waals surface area contributed by atoms with Crippen LogP contribution in [0, 0.1) is 22.9 Å². The second kappa shape index (κ2) is 8.67. The molecule has 8 heteroatoms. The molecule has 0 bridgehead atoms. The summed E-state index contributed by atoms with van der Waals surface area (Å²) in [6, 6.07) is 10.5. The van der Waals surface area contributed by atoms with E-state index in [2.05, 4.69) is 5.32 Å². The molecule has 0 aromatic heterocycles. The predicted octanol–water partition coefficient (Wildman–Crippen LogP) is 3.75. The van der Waals surface area contributed by atoms with Crippen LogP contribution in [0.5, 0.6) is 0 Å². The summed E-state index contributed by atoms with van der Waals surface area (Å²) < 4.78 is 13.3. The number of nitro groups is 1. The smallest absolute Gasteiger partial charge is 0.276 e. The number of rotatable bonds is 6. The van der Waals surface area contributed by atoms with Crippen molar-refractivity contribution in [1.29, 1.82) is 0 Å². The van der Waals surface area contributed by atoms with Gasteiger partial charge in [0.25, 0.3) is 17.5 Å². The molecule has 1 fully saturated rings. The fourth-order valence-electron chi connectivity index (χ4n) is 3.87. The Morgan fingerprint density at radius 3 is 2.42 bits per heavy atom. The SMILES string of the molecule is CCN1C(=O)C(CC)(Cc2ccc(F)cc2)NC(=O)C1=Cc1c(C)cccc1[N+](=O)[O-]. The normalized spacial score (nSPS) is 20.1. The molecule has 0 saturated carbocycles. The molecular weight excluding hydrogens is 401 g/mol. The Bertz CT molecular complexity index is 1060. The van der Waals surface area contributed by atoms with Crippen molar-refractivity contribution in [3.63, 3.8) is 0 Å². The lowest BCUT2D eigenvalue weighted by atomic mass is 9.84. The zero-order valence-corrected chi connectivity index (χ0v) is 17.6. The molecule has 1 aliphatic rings. The third kappa shape index (κ3) is 4.19. The number of likely N-dealkylation sites (N-methyl/N-ethyl adjacent to an activating group) is 1. The standard InChI is InChI=1S/C23H24FN3O4/c1-4-23(14-16-9-11-17(24)12-10-16)22(29)26(5-2)20(21(28)25-23)13-18-15(3)7-6-8-19(18)27(30)31/h6-13H,4-5,14H2,1-3H3,(H,25,28). The summed E-state index contributed by atoms with van der Waals surface area (Å²) in [7, 11) is 0. The fraction of sp³-hybridized carbons (Fsp3) is 0.304. The molecule has 2 aromatic carbocycles. The Labute approximate surface area is 179 Å². The van der Waals surface area contributed by atoms with Gasteiger partial charge in [-0.15, -0.1) is 0 Å². The molecule has 3 rings (SSSR count). The Balaban J connectivity index is 2.04. The van der Waals surface area contributed by atoms with Crippen LogP contribution in [-0.2, 0) is 16.0 Å². The summed E-state index contributed by atoms with van der Waals surface area (Å²) >= 11 is 0. The average molecular weight is 425 g/mol. The average Bonchev–Trinajstić information content (AvgIpc) is 2.74. The summed E-state index contributed by atoms with van der Waals surface area (Å²) in [5.41, 5.74) is 0.369. The van der Waals surface area contributed by atoms with E-state index in [9.17, 15) is 24.1 Å². The third-order valence-corrected chi connectivity index (χ3v) is 5.65. The number of aryl methyl sites for hydroxylation is 1. The Kier molecular flexibility index (Phi) is 6.19. The highest BCUT2D eigenvalue weighted by Crippen LogP contribution is 2.31. The van der Waals surface area contributed by atoms with Gasteiger partial charge in [0, 0.05) is 19.0 Å². The van der Waals surface area contributed by atoms with Gasteiger partial charge in [0.2, 0.25) is 0 Å². The lowest BCUT2D eigenvalue weighted by Crippen LogP contribution is -2.66. The Hall–Kier alpha value is -3.55. The number of nitro benzene ring substituents is 1. The maximum Gasteiger partial charge on any atom is 0.276 e. The van der Waals surface area contributed by atoms with E-state index in [0.29, 0.717) is 12.0 Å². The number of hydrogen-bond donors (Lipinski definition) is 1. The van der Waals surface area contributed by atoms with E-state index in [1.54, 1.807) is 45.0 Å². The maximum atomic E-state index is 13.5. The zero-order valence-electron chi connectivity index (χ0n) is 17.6. The summed E-state index contributed by atoms with van der Waals surface area (Å²) in [4.78, 5) is 38.9. The molecule has 1 unspecified atom stereocenters. The first-order chi connectivity index (χ1) is 14.7. The van der Waals surface area contributed by atoms with Crippen molar-refractivity contribution in [2.45, 2.75) is 39.2 Å². The molecule has 1 aliphatic heterocycles. The van der Waals surface area contributed by atoms with Crippen molar-refractivity contribution >= 4 is 23.6 Å². The molecule has 31 heavy (non-hydrogen) atoms. The highest BCUT2D eigenvalue weighted by Gasteiger charge is 2.47. The van der Waals surface area contributed by atoms with Crippen LogP contribution in [0.4, 0.5) is 10.1 Å². The molecule has 0 spiro atoms. The third-order valence-electron chi connectivity index (χ3n) is 5.65. The van der Waals surface area contributed by atoms with Crippen LogP contribution in [-0.4, -0.2) is 33.7 Å². The quantitative estimate of drug-likeness (QED) is 0.433. The molecule has 1 atom stereocenters. The fourth-order valence-corrected chi connectivity index (χ4v) is 3.87. The second-order valence-corrected chi connectivity index (χ2v) is 7.54. The number of benzene rings is 2. The number of piperazine rings is 1. The number of carbonyl (C=O) groups excluding carboxylic acids is 2. The van der Waals surface area contributed by atoms with Gasteiger partial charge in [-0.25, -0.2) is 4.39 Å². The van der Waals surface area contributed by atoms with E-state index in [-0.39, 0.29) is 41.6 Å². The zero-order chi connectivity index (χ0) is 22.8. The van der Waals surface area contributed by atoms with Crippen molar-refractivity contribution in [2.75, 3.05) is 6.54 Å². The number of halogens is 1. The molecule has 0 radical (unpaired) electrons. The van der Waals surface area contributed by atoms with E-state index in [0.717, 1.165) is 5.56 Å². The van der Waals surface area contributed by atoms with Crippen molar-refractivity contribution in [1.82, 2.24) is 10.2 Å². The lowest BCUT2D eigenvalue weighted by Gasteiger charge is -2.42. The molecule has 0 aliphatic carbocycles. The molecule has 1 heterocycles. The summed E-state index contributed by atoms with van der Waals surface area (Å²) in [6.45, 7) is 5.48. The lowest BCUT2D eigenvalue weighted by molar-refractivity contribution is -0.385. The first kappa shape index (κ1) is 22.1. The van der Waals surface area contributed by atoms with Crippen LogP contribution in [0.2, 0.25) is 0 Å². The van der Waals surface area contributed by atoms with Crippen LogP contribution in [0.1, 0.15) is 37.0 Å². The Morgan fingerprint density at radius 1 is 1.16 bits per heavy atom. The first-order valence-electron chi connectivity index (χ1n) is 10.1. The van der Waals surface area contributed by atoms with E-state index < -0.39 is 16.4 Å². The molecule has 7 nitrogen and oxygen atoms in total. The summed E-state index contributed by atoms with van der Waals surface area (Å²) in [5, 5.41) is 14.3. The second-order valence-electron chi connectivity index (χ2n) is 7.54. The van der Waals surface area contributed by atoms with E-state index >= 15 is 0 Å². The maximum absolute atomic E-state index is 13.5. The number of hydrogen-bond acceptors (Lipinski definition) is 4. The van der Waals surface area contributed by atoms with Gasteiger partial charge < -0.3 is 10.2 Å². The molecular formula is C23H24FN3O4. The highest BCUT2D eigenvalue weighted by atomic mass is 19.1. The minimum atomic E-state index is -1.18. The minimum Gasteiger partial charge on any atom is -0.336 e. The van der Waals surface area contributed by atoms with E-state index in [4.69, 9.17) is 0 Å². The van der Waals surface area contributed by atoms with Crippen LogP contribution < -0.4 is 5.32 Å². The van der Waals surface area contributed by atoms with E-state index in [1.165, 1.54) is 29.2 Å². The van der Waals surface area contributed by atoms with Crippen molar-refractivity contribution in [3.8, 4) is 0 Å². The van der Waals surface area contributed by atoms with Crippen molar-refractivity contribution in [3.05, 3.63) is 80.8 Å². The van der Waals surface area contributed by atoms with Crippen molar-refractivity contribution in [2.24, 2.45) is 0 Å². The van der Waals surface area contributed by atoms with Gasteiger partial charge in [0.1, 0.15) is 17.1 Å². The monoisotopic (exact) mass is 425 g/mol. The van der Waals surface area contributed by atoms with Gasteiger partial charge in [-0.1, -0.05) is 31.2 Å². The number of nitrogens with one attached hydrogen (secondary N) is 1. The number of carbonyl (C=O) groups is 2. The molecule has 162 valence electrons. The van der Waals surface area contributed by atoms with Gasteiger partial charge in [0.15, 0.2) is 0 Å². The van der Waals surface area contributed by atoms with E-state index in [1.807, 2.05) is 0 Å². The van der Waals surface area contributed by atoms with Crippen LogP contribution in [0.25, 0.3) is 6.08 Å². The minimum absolute atomic E-state index is 0.0630. The van der Waals surface area contributed by atoms with Crippen LogP contribution in [0.3, 0.4) is 0 Å². The Morgan fingerprint density at radius 2 is 1.84 bits per heavy atom. The number of nitrogens with zero attached hydrogens (tertiary/aromatic N) is 2. The summed E-state index contributed by atoms with van der Waals surface area (Å²) in [5.74, 6) is -1.17.